The fourth-order valence-corrected chi connectivity index (χ4v) is 2.12. The molecule has 0 spiro atoms. The lowest BCUT2D eigenvalue weighted by atomic mass is 10.0. The molecule has 0 aliphatic rings. The zero-order valence-electron chi connectivity index (χ0n) is 11.6. The van der Waals surface area contributed by atoms with Crippen LogP contribution in [0.4, 0.5) is 0 Å². The molecule has 0 unspecified atom stereocenters. The van der Waals surface area contributed by atoms with Crippen molar-refractivity contribution in [2.75, 3.05) is 20.8 Å². The van der Waals surface area contributed by atoms with Gasteiger partial charge in [0.05, 0.1) is 14.2 Å². The number of hydrogen-bond acceptors (Lipinski definition) is 3. The second-order valence-electron chi connectivity index (χ2n) is 4.28. The lowest BCUT2D eigenvalue weighted by molar-refractivity contribution is 0.410. The van der Waals surface area contributed by atoms with Crippen molar-refractivity contribution in [2.24, 2.45) is 4.99 Å². The summed E-state index contributed by atoms with van der Waals surface area (Å²) < 4.78 is 11.0. The minimum absolute atomic E-state index is 0.818. The summed E-state index contributed by atoms with van der Waals surface area (Å²) in [6, 6.07) is 10.0. The van der Waals surface area contributed by atoms with E-state index in [0.29, 0.717) is 0 Å². The van der Waals surface area contributed by atoms with Gasteiger partial charge >= 0.3 is 0 Å². The Morgan fingerprint density at radius 3 is 2.47 bits per heavy atom. The fourth-order valence-electron chi connectivity index (χ4n) is 2.12. The molecule has 100 valence electrons. The number of benzene rings is 2. The minimum atomic E-state index is 0.818. The van der Waals surface area contributed by atoms with Crippen molar-refractivity contribution in [1.29, 1.82) is 0 Å². The Bertz CT molecular complexity index is 591. The first kappa shape index (κ1) is 13.4. The van der Waals surface area contributed by atoms with Crippen molar-refractivity contribution in [3.8, 4) is 11.5 Å². The minimum Gasteiger partial charge on any atom is -0.496 e. The van der Waals surface area contributed by atoms with E-state index in [1.54, 1.807) is 14.2 Å². The Morgan fingerprint density at radius 1 is 1.11 bits per heavy atom. The Labute approximate surface area is 113 Å². The van der Waals surface area contributed by atoms with E-state index >= 15 is 0 Å². The molecule has 0 atom stereocenters. The molecule has 0 aliphatic carbocycles. The maximum Gasteiger partial charge on any atom is 0.135 e. The van der Waals surface area contributed by atoms with Gasteiger partial charge in [-0.2, -0.15) is 0 Å². The highest BCUT2D eigenvalue weighted by Gasteiger charge is 2.11. The van der Waals surface area contributed by atoms with Gasteiger partial charge in [-0.05, 0) is 12.5 Å². The van der Waals surface area contributed by atoms with Crippen LogP contribution in [0.3, 0.4) is 0 Å². The number of aliphatic imine (C=N–C) groups is 1. The van der Waals surface area contributed by atoms with Crippen LogP contribution < -0.4 is 9.47 Å². The SMILES string of the molecule is CCCN=Cc1cc(OC)c2ccccc2c1OC. The quantitative estimate of drug-likeness (QED) is 0.765. The maximum absolute atomic E-state index is 5.54. The Kier molecular flexibility index (Phi) is 4.39. The summed E-state index contributed by atoms with van der Waals surface area (Å²) in [5.41, 5.74) is 0.950. The van der Waals surface area contributed by atoms with E-state index < -0.39 is 0 Å². The van der Waals surface area contributed by atoms with Gasteiger partial charge in [-0.1, -0.05) is 31.2 Å². The molecular formula is C16H19NO2. The van der Waals surface area contributed by atoms with E-state index in [2.05, 4.69) is 11.9 Å². The summed E-state index contributed by atoms with van der Waals surface area (Å²) in [4.78, 5) is 4.39. The van der Waals surface area contributed by atoms with E-state index in [-0.39, 0.29) is 0 Å². The van der Waals surface area contributed by atoms with Crippen molar-refractivity contribution in [3.63, 3.8) is 0 Å². The average Bonchev–Trinajstić information content (AvgIpc) is 2.46. The molecule has 0 bridgehead atoms. The van der Waals surface area contributed by atoms with Gasteiger partial charge in [-0.15, -0.1) is 0 Å². The zero-order chi connectivity index (χ0) is 13.7. The van der Waals surface area contributed by atoms with Crippen LogP contribution >= 0.6 is 0 Å². The van der Waals surface area contributed by atoms with Gasteiger partial charge in [0, 0.05) is 29.1 Å². The number of methoxy groups -OCH3 is 2. The number of hydrogen-bond donors (Lipinski definition) is 0. The van der Waals surface area contributed by atoms with Crippen LogP contribution in [0.5, 0.6) is 11.5 Å². The average molecular weight is 257 g/mol. The van der Waals surface area contributed by atoms with Crippen molar-refractivity contribution in [1.82, 2.24) is 0 Å². The highest BCUT2D eigenvalue weighted by Crippen LogP contribution is 2.35. The fraction of sp³-hybridized carbons (Fsp3) is 0.312. The van der Waals surface area contributed by atoms with Crippen LogP contribution in [0.25, 0.3) is 10.8 Å². The van der Waals surface area contributed by atoms with Gasteiger partial charge < -0.3 is 9.47 Å². The summed E-state index contributed by atoms with van der Waals surface area (Å²) >= 11 is 0. The van der Waals surface area contributed by atoms with E-state index in [1.165, 1.54) is 0 Å². The number of fused-ring (bicyclic) bond motifs is 1. The molecule has 3 heteroatoms. The molecule has 0 saturated heterocycles. The van der Waals surface area contributed by atoms with Crippen LogP contribution in [0.1, 0.15) is 18.9 Å². The molecule has 0 N–H and O–H groups in total. The third-order valence-corrected chi connectivity index (χ3v) is 2.99. The molecule has 0 saturated carbocycles. The molecule has 3 nitrogen and oxygen atoms in total. The normalized spacial score (nSPS) is 11.1. The van der Waals surface area contributed by atoms with Crippen molar-refractivity contribution in [3.05, 3.63) is 35.9 Å². The summed E-state index contributed by atoms with van der Waals surface area (Å²) in [5.74, 6) is 1.69. The van der Waals surface area contributed by atoms with Gasteiger partial charge in [0.2, 0.25) is 0 Å². The lowest BCUT2D eigenvalue weighted by Gasteiger charge is -2.12. The first-order valence-electron chi connectivity index (χ1n) is 6.45. The van der Waals surface area contributed by atoms with Gasteiger partial charge in [0.25, 0.3) is 0 Å². The van der Waals surface area contributed by atoms with E-state index in [4.69, 9.17) is 9.47 Å². The van der Waals surface area contributed by atoms with Crippen LogP contribution in [0, 0.1) is 0 Å². The Morgan fingerprint density at radius 2 is 1.84 bits per heavy atom. The summed E-state index contributed by atoms with van der Waals surface area (Å²) in [6.45, 7) is 2.92. The largest absolute Gasteiger partial charge is 0.496 e. The molecule has 0 aliphatic heterocycles. The zero-order valence-corrected chi connectivity index (χ0v) is 11.6. The lowest BCUT2D eigenvalue weighted by Crippen LogP contribution is -1.96. The Balaban J connectivity index is 2.62. The van der Waals surface area contributed by atoms with Crippen LogP contribution in [-0.4, -0.2) is 27.0 Å². The second-order valence-corrected chi connectivity index (χ2v) is 4.28. The van der Waals surface area contributed by atoms with Gasteiger partial charge in [0.1, 0.15) is 11.5 Å². The van der Waals surface area contributed by atoms with E-state index in [9.17, 15) is 0 Å². The van der Waals surface area contributed by atoms with E-state index in [0.717, 1.165) is 40.8 Å². The van der Waals surface area contributed by atoms with Crippen LogP contribution in [0.15, 0.2) is 35.3 Å². The van der Waals surface area contributed by atoms with Crippen molar-refractivity contribution < 1.29 is 9.47 Å². The van der Waals surface area contributed by atoms with Gasteiger partial charge in [-0.3, -0.25) is 4.99 Å². The molecule has 0 radical (unpaired) electrons. The maximum atomic E-state index is 5.54. The number of nitrogens with zero attached hydrogens (tertiary/aromatic N) is 1. The molecule has 2 aromatic carbocycles. The van der Waals surface area contributed by atoms with Crippen LogP contribution in [0.2, 0.25) is 0 Å². The second kappa shape index (κ2) is 6.23. The standard InChI is InChI=1S/C16H19NO2/c1-4-9-17-11-12-10-15(18-2)13-7-5-6-8-14(13)16(12)19-3/h5-8,10-11H,4,9H2,1-3H3. The highest BCUT2D eigenvalue weighted by atomic mass is 16.5. The van der Waals surface area contributed by atoms with Gasteiger partial charge in [0.15, 0.2) is 0 Å². The molecule has 2 rings (SSSR count). The molecule has 0 amide bonds. The topological polar surface area (TPSA) is 30.8 Å². The van der Waals surface area contributed by atoms with E-state index in [1.807, 2.05) is 36.5 Å². The molecule has 0 heterocycles. The third kappa shape index (κ3) is 2.70. The summed E-state index contributed by atoms with van der Waals surface area (Å²) in [6.07, 6.45) is 2.89. The monoisotopic (exact) mass is 257 g/mol. The number of ether oxygens (including phenoxy) is 2. The smallest absolute Gasteiger partial charge is 0.135 e. The van der Waals surface area contributed by atoms with Crippen molar-refractivity contribution in [2.45, 2.75) is 13.3 Å². The molecule has 0 fully saturated rings. The first-order chi connectivity index (χ1) is 9.31. The van der Waals surface area contributed by atoms with Crippen LogP contribution in [-0.2, 0) is 0 Å². The predicted octanol–water partition coefficient (Wildman–Crippen LogP) is 3.69. The Hall–Kier alpha value is -2.03. The highest BCUT2D eigenvalue weighted by molar-refractivity contribution is 6.00. The molecule has 19 heavy (non-hydrogen) atoms. The molecule has 2 aromatic rings. The molecular weight excluding hydrogens is 238 g/mol. The third-order valence-electron chi connectivity index (χ3n) is 2.99. The number of rotatable bonds is 5. The van der Waals surface area contributed by atoms with Crippen molar-refractivity contribution >= 4 is 17.0 Å². The first-order valence-corrected chi connectivity index (χ1v) is 6.45. The summed E-state index contributed by atoms with van der Waals surface area (Å²) in [5, 5.41) is 2.09. The molecule has 0 aromatic heterocycles. The summed E-state index contributed by atoms with van der Waals surface area (Å²) in [7, 11) is 3.37. The van der Waals surface area contributed by atoms with Gasteiger partial charge in [-0.25, -0.2) is 0 Å². The predicted molar refractivity (Wildman–Crippen MR) is 79.8 cm³/mol.